The standard InChI is InChI=1S/C13H10Cl3FN4/c14-9-1-2-10(17)13(16)8(9)7-18-5-6-19-12-4-3-11(15)20-21-12/h1-5H,6-7H2,(H,19,21)/b18-5+. The van der Waals surface area contributed by atoms with Crippen LogP contribution in [0.3, 0.4) is 0 Å². The Morgan fingerprint density at radius 2 is 1.95 bits per heavy atom. The van der Waals surface area contributed by atoms with E-state index >= 15 is 0 Å². The number of halogens is 4. The molecule has 0 bridgehead atoms. The predicted molar refractivity (Wildman–Crippen MR) is 84.1 cm³/mol. The van der Waals surface area contributed by atoms with E-state index in [9.17, 15) is 4.39 Å². The fourth-order valence-corrected chi connectivity index (χ4v) is 2.09. The summed E-state index contributed by atoms with van der Waals surface area (Å²) in [6.07, 6.45) is 1.62. The summed E-state index contributed by atoms with van der Waals surface area (Å²) in [6, 6.07) is 6.00. The maximum Gasteiger partial charge on any atom is 0.151 e. The molecule has 1 aromatic heterocycles. The van der Waals surface area contributed by atoms with Crippen molar-refractivity contribution >= 4 is 46.8 Å². The van der Waals surface area contributed by atoms with Gasteiger partial charge in [-0.05, 0) is 24.3 Å². The van der Waals surface area contributed by atoms with E-state index in [4.69, 9.17) is 34.8 Å². The molecule has 110 valence electrons. The molecule has 2 rings (SSSR count). The van der Waals surface area contributed by atoms with E-state index in [0.29, 0.717) is 28.1 Å². The zero-order valence-electron chi connectivity index (χ0n) is 10.7. The van der Waals surface area contributed by atoms with Crippen molar-refractivity contribution in [2.45, 2.75) is 6.54 Å². The van der Waals surface area contributed by atoms with Crippen LogP contribution < -0.4 is 5.32 Å². The van der Waals surface area contributed by atoms with Crippen molar-refractivity contribution in [3.8, 4) is 0 Å². The number of nitrogens with one attached hydrogen (secondary N) is 1. The third kappa shape index (κ3) is 4.52. The molecule has 0 fully saturated rings. The Bertz CT molecular complexity index is 647. The van der Waals surface area contributed by atoms with E-state index in [1.807, 2.05) is 0 Å². The van der Waals surface area contributed by atoms with Gasteiger partial charge < -0.3 is 5.32 Å². The van der Waals surface area contributed by atoms with Crippen LogP contribution in [-0.4, -0.2) is 23.0 Å². The molecule has 0 amide bonds. The van der Waals surface area contributed by atoms with Crippen molar-refractivity contribution in [1.29, 1.82) is 0 Å². The molecular weight excluding hydrogens is 338 g/mol. The highest BCUT2D eigenvalue weighted by Crippen LogP contribution is 2.27. The lowest BCUT2D eigenvalue weighted by atomic mass is 10.2. The van der Waals surface area contributed by atoms with Crippen molar-refractivity contribution in [3.05, 3.63) is 50.8 Å². The molecule has 8 heteroatoms. The largest absolute Gasteiger partial charge is 0.364 e. The van der Waals surface area contributed by atoms with Gasteiger partial charge in [-0.15, -0.1) is 10.2 Å². The fraction of sp³-hybridized carbons (Fsp3) is 0.154. The van der Waals surface area contributed by atoms with Gasteiger partial charge in [-0.3, -0.25) is 4.99 Å². The zero-order chi connectivity index (χ0) is 15.2. The first kappa shape index (κ1) is 15.9. The Balaban J connectivity index is 1.89. The lowest BCUT2D eigenvalue weighted by molar-refractivity contribution is 0.626. The van der Waals surface area contributed by atoms with E-state index in [2.05, 4.69) is 20.5 Å². The highest BCUT2D eigenvalue weighted by molar-refractivity contribution is 6.36. The van der Waals surface area contributed by atoms with Gasteiger partial charge in [0.2, 0.25) is 0 Å². The quantitative estimate of drug-likeness (QED) is 0.649. The second kappa shape index (κ2) is 7.54. The van der Waals surface area contributed by atoms with E-state index in [-0.39, 0.29) is 11.6 Å². The van der Waals surface area contributed by atoms with Gasteiger partial charge in [-0.2, -0.15) is 0 Å². The molecular formula is C13H10Cl3FN4. The van der Waals surface area contributed by atoms with Gasteiger partial charge in [-0.1, -0.05) is 34.8 Å². The molecule has 0 saturated carbocycles. The normalized spacial score (nSPS) is 11.0. The first-order chi connectivity index (χ1) is 10.1. The molecule has 0 atom stereocenters. The predicted octanol–water partition coefficient (Wildman–Crippen LogP) is 4.26. The molecule has 1 aromatic carbocycles. The molecule has 0 unspecified atom stereocenters. The van der Waals surface area contributed by atoms with E-state index in [1.165, 1.54) is 12.1 Å². The van der Waals surface area contributed by atoms with Crippen molar-refractivity contribution < 1.29 is 4.39 Å². The average molecular weight is 348 g/mol. The third-order valence-electron chi connectivity index (χ3n) is 2.52. The van der Waals surface area contributed by atoms with E-state index in [0.717, 1.165) is 0 Å². The molecule has 1 N–H and O–H groups in total. The number of hydrogen-bond donors (Lipinski definition) is 1. The van der Waals surface area contributed by atoms with E-state index in [1.54, 1.807) is 18.3 Å². The first-order valence-electron chi connectivity index (χ1n) is 5.91. The number of aromatic nitrogens is 2. The Hall–Kier alpha value is -1.43. The number of aliphatic imine (C=N–C) groups is 1. The second-order valence-electron chi connectivity index (χ2n) is 3.97. The van der Waals surface area contributed by atoms with Crippen molar-refractivity contribution in [1.82, 2.24) is 10.2 Å². The number of hydrogen-bond acceptors (Lipinski definition) is 4. The fourth-order valence-electron chi connectivity index (χ4n) is 1.49. The van der Waals surface area contributed by atoms with Crippen molar-refractivity contribution in [2.24, 2.45) is 4.99 Å². The van der Waals surface area contributed by atoms with Crippen LogP contribution in [0.25, 0.3) is 0 Å². The van der Waals surface area contributed by atoms with Crippen LogP contribution in [0.15, 0.2) is 29.3 Å². The van der Waals surface area contributed by atoms with Gasteiger partial charge in [0.1, 0.15) is 11.6 Å². The summed E-state index contributed by atoms with van der Waals surface area (Å²) in [4.78, 5) is 4.14. The average Bonchev–Trinajstić information content (AvgIpc) is 2.48. The highest BCUT2D eigenvalue weighted by Gasteiger charge is 2.09. The van der Waals surface area contributed by atoms with Gasteiger partial charge >= 0.3 is 0 Å². The molecule has 0 aliphatic rings. The Morgan fingerprint density at radius 3 is 2.67 bits per heavy atom. The SMILES string of the molecule is Fc1ccc(Cl)c(C/N=C/CNc2ccc(Cl)nn2)c1Cl. The van der Waals surface area contributed by atoms with Crippen LogP contribution in [0.1, 0.15) is 5.56 Å². The summed E-state index contributed by atoms with van der Waals surface area (Å²) in [7, 11) is 0. The summed E-state index contributed by atoms with van der Waals surface area (Å²) >= 11 is 17.4. The second-order valence-corrected chi connectivity index (χ2v) is 5.14. The summed E-state index contributed by atoms with van der Waals surface area (Å²) in [5, 5.41) is 11.2. The third-order valence-corrected chi connectivity index (χ3v) is 3.49. The molecule has 2 aromatic rings. The summed E-state index contributed by atoms with van der Waals surface area (Å²) in [5.74, 6) is 0.0634. The minimum Gasteiger partial charge on any atom is -0.364 e. The van der Waals surface area contributed by atoms with Crippen LogP contribution >= 0.6 is 34.8 Å². The minimum absolute atomic E-state index is 0.00354. The number of rotatable bonds is 5. The Morgan fingerprint density at radius 1 is 1.14 bits per heavy atom. The minimum atomic E-state index is -0.513. The Labute approximate surface area is 136 Å². The smallest absolute Gasteiger partial charge is 0.151 e. The van der Waals surface area contributed by atoms with Crippen LogP contribution in [-0.2, 0) is 6.54 Å². The summed E-state index contributed by atoms with van der Waals surface area (Å²) in [5.41, 5.74) is 0.459. The molecule has 4 nitrogen and oxygen atoms in total. The summed E-state index contributed by atoms with van der Waals surface area (Å²) in [6.45, 7) is 0.629. The van der Waals surface area contributed by atoms with E-state index < -0.39 is 5.82 Å². The first-order valence-corrected chi connectivity index (χ1v) is 7.05. The van der Waals surface area contributed by atoms with Gasteiger partial charge in [0.25, 0.3) is 0 Å². The lowest BCUT2D eigenvalue weighted by Gasteiger charge is -2.05. The highest BCUT2D eigenvalue weighted by atomic mass is 35.5. The number of nitrogens with zero attached hydrogens (tertiary/aromatic N) is 3. The Kier molecular flexibility index (Phi) is 5.73. The van der Waals surface area contributed by atoms with Crippen LogP contribution in [0.5, 0.6) is 0 Å². The molecule has 0 saturated heterocycles. The topological polar surface area (TPSA) is 50.2 Å². The molecule has 0 aliphatic carbocycles. The molecule has 21 heavy (non-hydrogen) atoms. The van der Waals surface area contributed by atoms with Gasteiger partial charge in [0, 0.05) is 16.8 Å². The van der Waals surface area contributed by atoms with Crippen LogP contribution in [0, 0.1) is 5.82 Å². The molecule has 0 spiro atoms. The molecule has 0 radical (unpaired) electrons. The maximum absolute atomic E-state index is 13.3. The number of benzene rings is 1. The monoisotopic (exact) mass is 346 g/mol. The van der Waals surface area contributed by atoms with Gasteiger partial charge in [0.05, 0.1) is 18.1 Å². The van der Waals surface area contributed by atoms with Gasteiger partial charge in [-0.25, -0.2) is 4.39 Å². The molecule has 1 heterocycles. The van der Waals surface area contributed by atoms with Crippen LogP contribution in [0.2, 0.25) is 15.2 Å². The number of anilines is 1. The molecule has 0 aliphatic heterocycles. The van der Waals surface area contributed by atoms with Gasteiger partial charge in [0.15, 0.2) is 5.15 Å². The maximum atomic E-state index is 13.3. The van der Waals surface area contributed by atoms with Crippen molar-refractivity contribution in [2.75, 3.05) is 11.9 Å². The van der Waals surface area contributed by atoms with Crippen LogP contribution in [0.4, 0.5) is 10.2 Å². The summed E-state index contributed by atoms with van der Waals surface area (Å²) < 4.78 is 13.3. The lowest BCUT2D eigenvalue weighted by Crippen LogP contribution is -2.05. The van der Waals surface area contributed by atoms with Crippen molar-refractivity contribution in [3.63, 3.8) is 0 Å². The zero-order valence-corrected chi connectivity index (χ0v) is 12.9.